The molecule has 1 aromatic heterocycles. The minimum Gasteiger partial charge on any atom is -0.358 e. The second-order valence-corrected chi connectivity index (χ2v) is 2.64. The van der Waals surface area contributed by atoms with Crippen molar-refractivity contribution < 1.29 is 13.7 Å². The van der Waals surface area contributed by atoms with Gasteiger partial charge in [-0.3, -0.25) is 0 Å². The molecule has 3 N–H and O–H groups in total. The normalized spacial score (nSPS) is 11.6. The zero-order valence-corrected chi connectivity index (χ0v) is 7.04. The van der Waals surface area contributed by atoms with E-state index in [1.807, 2.05) is 5.10 Å². The molecule has 1 heterocycles. The number of nitro groups is 1. The monoisotopic (exact) mass is 206 g/mol. The molecule has 78 valence electrons. The van der Waals surface area contributed by atoms with E-state index in [-0.39, 0.29) is 6.54 Å². The standard InChI is InChI=1S/C6H8F2N4O2/c7-6(8,1-2-9)4-3-5(11-10-4)12(13)14/h3H,1-2,9H2,(H,10,11). The average molecular weight is 206 g/mol. The van der Waals surface area contributed by atoms with Crippen LogP contribution in [-0.2, 0) is 5.92 Å². The van der Waals surface area contributed by atoms with Crippen LogP contribution >= 0.6 is 0 Å². The number of nitrogens with two attached hydrogens (primary N) is 1. The highest BCUT2D eigenvalue weighted by atomic mass is 19.3. The van der Waals surface area contributed by atoms with Crippen molar-refractivity contribution in [2.75, 3.05) is 6.54 Å². The van der Waals surface area contributed by atoms with Gasteiger partial charge >= 0.3 is 5.82 Å². The van der Waals surface area contributed by atoms with Gasteiger partial charge in [-0.05, 0) is 11.5 Å². The van der Waals surface area contributed by atoms with Crippen molar-refractivity contribution in [3.8, 4) is 0 Å². The molecule has 0 saturated carbocycles. The van der Waals surface area contributed by atoms with Crippen molar-refractivity contribution in [1.29, 1.82) is 0 Å². The second kappa shape index (κ2) is 3.66. The fraction of sp³-hybridized carbons (Fsp3) is 0.500. The molecule has 0 atom stereocenters. The topological polar surface area (TPSA) is 97.8 Å². The summed E-state index contributed by atoms with van der Waals surface area (Å²) in [5.74, 6) is -3.78. The van der Waals surface area contributed by atoms with E-state index in [1.165, 1.54) is 0 Å². The zero-order valence-electron chi connectivity index (χ0n) is 7.04. The third-order valence-electron chi connectivity index (χ3n) is 1.59. The van der Waals surface area contributed by atoms with Crippen LogP contribution in [0.2, 0.25) is 0 Å². The van der Waals surface area contributed by atoms with Gasteiger partial charge in [0.25, 0.3) is 5.92 Å². The van der Waals surface area contributed by atoms with Crippen LogP contribution < -0.4 is 5.73 Å². The van der Waals surface area contributed by atoms with E-state index >= 15 is 0 Å². The third-order valence-corrected chi connectivity index (χ3v) is 1.59. The Morgan fingerprint density at radius 2 is 2.36 bits per heavy atom. The Labute approximate surface area is 77.2 Å². The highest BCUT2D eigenvalue weighted by molar-refractivity contribution is 5.23. The van der Waals surface area contributed by atoms with Crippen LogP contribution in [0.4, 0.5) is 14.6 Å². The fourth-order valence-corrected chi connectivity index (χ4v) is 0.902. The summed E-state index contributed by atoms with van der Waals surface area (Å²) in [5.41, 5.74) is 4.31. The summed E-state index contributed by atoms with van der Waals surface area (Å²) >= 11 is 0. The molecular formula is C6H8F2N4O2. The first-order valence-electron chi connectivity index (χ1n) is 3.75. The third kappa shape index (κ3) is 2.02. The average Bonchev–Trinajstić information content (AvgIpc) is 2.51. The van der Waals surface area contributed by atoms with Crippen molar-refractivity contribution in [1.82, 2.24) is 10.2 Å². The lowest BCUT2D eigenvalue weighted by molar-refractivity contribution is -0.389. The molecule has 0 aliphatic heterocycles. The van der Waals surface area contributed by atoms with Crippen LogP contribution in [0.5, 0.6) is 0 Å². The van der Waals surface area contributed by atoms with Crippen LogP contribution in [0.1, 0.15) is 12.1 Å². The van der Waals surface area contributed by atoms with Gasteiger partial charge in [-0.25, -0.2) is 0 Å². The van der Waals surface area contributed by atoms with Gasteiger partial charge in [-0.15, -0.1) is 5.10 Å². The molecule has 6 nitrogen and oxygen atoms in total. The summed E-state index contributed by atoms with van der Waals surface area (Å²) in [6.45, 7) is -0.215. The molecule has 0 amide bonds. The SMILES string of the molecule is NCCC(F)(F)c1cc([N+](=O)[O-])[nH]n1. The van der Waals surface area contributed by atoms with Crippen LogP contribution in [0.15, 0.2) is 6.07 Å². The lowest BCUT2D eigenvalue weighted by Gasteiger charge is -2.09. The molecule has 1 rings (SSSR count). The number of nitrogens with zero attached hydrogens (tertiary/aromatic N) is 2. The molecule has 0 spiro atoms. The Morgan fingerprint density at radius 3 is 2.79 bits per heavy atom. The summed E-state index contributed by atoms with van der Waals surface area (Å²) in [7, 11) is 0. The van der Waals surface area contributed by atoms with E-state index in [9.17, 15) is 18.9 Å². The van der Waals surface area contributed by atoms with Crippen molar-refractivity contribution in [2.24, 2.45) is 5.73 Å². The van der Waals surface area contributed by atoms with Gasteiger partial charge in [0.15, 0.2) is 5.69 Å². The first-order chi connectivity index (χ1) is 6.47. The lowest BCUT2D eigenvalue weighted by atomic mass is 10.2. The highest BCUT2D eigenvalue weighted by Crippen LogP contribution is 2.30. The van der Waals surface area contributed by atoms with Gasteiger partial charge in [0.2, 0.25) is 0 Å². The summed E-state index contributed by atoms with van der Waals surface area (Å²) in [4.78, 5) is 9.34. The Hall–Kier alpha value is -1.57. The smallest absolute Gasteiger partial charge is 0.343 e. The van der Waals surface area contributed by atoms with E-state index < -0.39 is 28.8 Å². The Bertz CT molecular complexity index is 338. The number of aromatic amines is 1. The summed E-state index contributed by atoms with van der Waals surface area (Å²) in [6, 6.07) is 0.704. The Kier molecular flexibility index (Phi) is 2.75. The van der Waals surface area contributed by atoms with Crippen molar-refractivity contribution in [3.05, 3.63) is 21.9 Å². The van der Waals surface area contributed by atoms with Gasteiger partial charge in [0.05, 0.1) is 6.07 Å². The summed E-state index contributed by atoms with van der Waals surface area (Å²) < 4.78 is 26.1. The number of alkyl halides is 2. The maximum atomic E-state index is 13.0. The maximum Gasteiger partial charge on any atom is 0.343 e. The second-order valence-electron chi connectivity index (χ2n) is 2.64. The van der Waals surface area contributed by atoms with E-state index in [4.69, 9.17) is 5.73 Å². The Balaban J connectivity index is 2.90. The summed E-state index contributed by atoms with van der Waals surface area (Å²) in [5, 5.41) is 15.2. The molecule has 0 unspecified atom stereocenters. The van der Waals surface area contributed by atoms with Crippen molar-refractivity contribution in [2.45, 2.75) is 12.3 Å². The minimum absolute atomic E-state index is 0.215. The molecular weight excluding hydrogens is 198 g/mol. The number of hydrogen-bond acceptors (Lipinski definition) is 4. The van der Waals surface area contributed by atoms with Crippen LogP contribution in [0.25, 0.3) is 0 Å². The van der Waals surface area contributed by atoms with E-state index in [0.717, 1.165) is 0 Å². The molecule has 1 aromatic rings. The number of rotatable bonds is 4. The first kappa shape index (κ1) is 10.5. The first-order valence-corrected chi connectivity index (χ1v) is 3.75. The quantitative estimate of drug-likeness (QED) is 0.561. The minimum atomic E-state index is -3.22. The number of halogens is 2. The van der Waals surface area contributed by atoms with E-state index in [0.29, 0.717) is 6.07 Å². The van der Waals surface area contributed by atoms with E-state index in [2.05, 4.69) is 5.10 Å². The molecule has 0 radical (unpaired) electrons. The van der Waals surface area contributed by atoms with Crippen LogP contribution in [0.3, 0.4) is 0 Å². The summed E-state index contributed by atoms with van der Waals surface area (Å²) in [6.07, 6.45) is -0.588. The molecule has 0 saturated heterocycles. The lowest BCUT2D eigenvalue weighted by Crippen LogP contribution is -2.19. The van der Waals surface area contributed by atoms with Crippen molar-refractivity contribution in [3.63, 3.8) is 0 Å². The molecule has 14 heavy (non-hydrogen) atoms. The molecule has 0 bridgehead atoms. The fourth-order valence-electron chi connectivity index (χ4n) is 0.902. The number of nitrogens with one attached hydrogen (secondary N) is 1. The van der Waals surface area contributed by atoms with Gasteiger partial charge in [0, 0.05) is 6.42 Å². The van der Waals surface area contributed by atoms with Crippen LogP contribution in [0, 0.1) is 10.1 Å². The molecule has 0 aromatic carbocycles. The molecule has 0 aliphatic carbocycles. The number of H-pyrrole nitrogens is 1. The predicted octanol–water partition coefficient (Wildman–Crippen LogP) is 0.759. The van der Waals surface area contributed by atoms with Gasteiger partial charge in [0.1, 0.15) is 0 Å². The highest BCUT2D eigenvalue weighted by Gasteiger charge is 2.35. The maximum absolute atomic E-state index is 13.0. The Morgan fingerprint density at radius 1 is 1.71 bits per heavy atom. The predicted molar refractivity (Wildman–Crippen MR) is 42.8 cm³/mol. The van der Waals surface area contributed by atoms with Gasteiger partial charge in [-0.1, -0.05) is 5.10 Å². The largest absolute Gasteiger partial charge is 0.358 e. The number of hydrogen-bond donors (Lipinski definition) is 2. The molecule has 0 fully saturated rings. The zero-order chi connectivity index (χ0) is 10.8. The van der Waals surface area contributed by atoms with Crippen molar-refractivity contribution >= 4 is 5.82 Å². The van der Waals surface area contributed by atoms with Gasteiger partial charge < -0.3 is 15.8 Å². The van der Waals surface area contributed by atoms with E-state index in [1.54, 1.807) is 0 Å². The molecule has 8 heteroatoms. The number of aromatic nitrogens is 2. The van der Waals surface area contributed by atoms with Crippen LogP contribution in [-0.4, -0.2) is 21.7 Å². The molecule has 0 aliphatic rings. The van der Waals surface area contributed by atoms with Gasteiger partial charge in [-0.2, -0.15) is 8.78 Å².